The summed E-state index contributed by atoms with van der Waals surface area (Å²) >= 11 is 0. The number of benzene rings is 2. The van der Waals surface area contributed by atoms with Gasteiger partial charge in [-0.15, -0.1) is 0 Å². The highest BCUT2D eigenvalue weighted by atomic mass is 19.1. The van der Waals surface area contributed by atoms with Crippen molar-refractivity contribution in [1.29, 1.82) is 5.41 Å². The first-order valence-electron chi connectivity index (χ1n) is 7.87. The van der Waals surface area contributed by atoms with Gasteiger partial charge in [-0.05, 0) is 30.3 Å². The van der Waals surface area contributed by atoms with Crippen molar-refractivity contribution in [2.75, 3.05) is 12.8 Å². The van der Waals surface area contributed by atoms with E-state index in [0.717, 1.165) is 6.07 Å². The molecule has 8 heteroatoms. The third kappa shape index (κ3) is 3.64. The van der Waals surface area contributed by atoms with Crippen LogP contribution in [0.3, 0.4) is 0 Å². The molecular weight excluding hydrogens is 354 g/mol. The Balaban J connectivity index is 2.07. The lowest BCUT2D eigenvalue weighted by Gasteiger charge is -2.19. The average molecular weight is 370 g/mol. The van der Waals surface area contributed by atoms with Gasteiger partial charge in [-0.3, -0.25) is 5.41 Å². The summed E-state index contributed by atoms with van der Waals surface area (Å²) in [6.45, 7) is 0. The number of ether oxygens (including phenoxy) is 1. The third-order valence-electron chi connectivity index (χ3n) is 3.79. The molecule has 27 heavy (non-hydrogen) atoms. The number of aliphatic hydroxyl groups excluding tert-OH is 1. The summed E-state index contributed by atoms with van der Waals surface area (Å²) in [5.41, 5.74) is 7.10. The van der Waals surface area contributed by atoms with E-state index in [1.807, 2.05) is 0 Å². The summed E-state index contributed by atoms with van der Waals surface area (Å²) in [5, 5.41) is 21.0. The van der Waals surface area contributed by atoms with Gasteiger partial charge >= 0.3 is 0 Å². The molecule has 1 heterocycles. The highest BCUT2D eigenvalue weighted by Crippen LogP contribution is 2.35. The molecule has 1 aliphatic rings. The lowest BCUT2D eigenvalue weighted by molar-refractivity contribution is 0.437. The lowest BCUT2D eigenvalue weighted by atomic mass is 9.94. The molecular formula is C19H16F2N4O2. The quantitative estimate of drug-likeness (QED) is 0.615. The number of rotatable bonds is 4. The number of hydrogen-bond donors (Lipinski definition) is 4. The number of nitrogen functional groups attached to an aromatic ring is 1. The Hall–Kier alpha value is -3.68. The van der Waals surface area contributed by atoms with E-state index >= 15 is 0 Å². The fourth-order valence-corrected chi connectivity index (χ4v) is 2.53. The monoisotopic (exact) mass is 370 g/mol. The maximum atomic E-state index is 14.0. The summed E-state index contributed by atoms with van der Waals surface area (Å²) < 4.78 is 32.7. The van der Waals surface area contributed by atoms with Crippen molar-refractivity contribution in [3.05, 3.63) is 71.6 Å². The minimum atomic E-state index is -0.864. The van der Waals surface area contributed by atoms with Gasteiger partial charge in [-0.2, -0.15) is 0 Å². The molecule has 0 amide bonds. The van der Waals surface area contributed by atoms with E-state index in [0.29, 0.717) is 22.9 Å². The standard InChI is InChI=1S/C19H16F2N4O2/c1-24-8-14-18(23)13(9-25-19(14)26)12-7-11(22)3-5-16(12)27-17-4-2-10(20)6-15(17)21/h2-9,23-24H,22H2,1H3,(H,25,26)/b14-8+,23-18?. The number of aliphatic hydroxyl groups is 1. The Bertz CT molecular complexity index is 1010. The van der Waals surface area contributed by atoms with Gasteiger partial charge in [-0.25, -0.2) is 13.8 Å². The van der Waals surface area contributed by atoms with Crippen LogP contribution in [-0.2, 0) is 0 Å². The van der Waals surface area contributed by atoms with Crippen LogP contribution in [0.1, 0.15) is 5.56 Å². The van der Waals surface area contributed by atoms with Crippen molar-refractivity contribution in [1.82, 2.24) is 5.32 Å². The van der Waals surface area contributed by atoms with Crippen molar-refractivity contribution in [3.63, 3.8) is 0 Å². The number of nitrogens with zero attached hydrogens (tertiary/aromatic N) is 1. The number of allylic oxidation sites excluding steroid dienone is 1. The normalized spacial score (nSPS) is 15.4. The Labute approximate surface area is 153 Å². The lowest BCUT2D eigenvalue weighted by Crippen LogP contribution is -2.19. The fraction of sp³-hybridized carbons (Fsp3) is 0.0526. The first-order valence-corrected chi connectivity index (χ1v) is 7.87. The summed E-state index contributed by atoms with van der Waals surface area (Å²) in [6, 6.07) is 7.57. The summed E-state index contributed by atoms with van der Waals surface area (Å²) in [7, 11) is 1.62. The Kier molecular flexibility index (Phi) is 4.89. The molecule has 0 saturated carbocycles. The third-order valence-corrected chi connectivity index (χ3v) is 3.79. The fourth-order valence-electron chi connectivity index (χ4n) is 2.53. The predicted octanol–water partition coefficient (Wildman–Crippen LogP) is 3.77. The molecule has 5 N–H and O–H groups in total. The van der Waals surface area contributed by atoms with Crippen LogP contribution in [0.25, 0.3) is 5.57 Å². The molecule has 1 aliphatic heterocycles. The molecule has 0 aromatic heterocycles. The zero-order valence-electron chi connectivity index (χ0n) is 14.3. The van der Waals surface area contributed by atoms with Crippen LogP contribution in [0.2, 0.25) is 0 Å². The van der Waals surface area contributed by atoms with Gasteiger partial charge in [0.25, 0.3) is 0 Å². The first-order chi connectivity index (χ1) is 12.9. The molecule has 0 bridgehead atoms. The molecule has 3 rings (SSSR count). The maximum absolute atomic E-state index is 14.0. The highest BCUT2D eigenvalue weighted by molar-refractivity contribution is 6.40. The van der Waals surface area contributed by atoms with Gasteiger partial charge < -0.3 is 20.9 Å². The van der Waals surface area contributed by atoms with E-state index in [1.54, 1.807) is 19.2 Å². The van der Waals surface area contributed by atoms with Gasteiger partial charge in [0, 0.05) is 42.3 Å². The molecule has 0 saturated heterocycles. The van der Waals surface area contributed by atoms with Crippen molar-refractivity contribution in [2.45, 2.75) is 0 Å². The van der Waals surface area contributed by atoms with Gasteiger partial charge in [0.2, 0.25) is 5.90 Å². The molecule has 0 aliphatic carbocycles. The number of aliphatic imine (C=N–C) groups is 1. The largest absolute Gasteiger partial charge is 0.493 e. The van der Waals surface area contributed by atoms with Gasteiger partial charge in [-0.1, -0.05) is 0 Å². The molecule has 0 fully saturated rings. The molecule has 2 aromatic rings. The maximum Gasteiger partial charge on any atom is 0.221 e. The van der Waals surface area contributed by atoms with E-state index in [-0.39, 0.29) is 28.7 Å². The predicted molar refractivity (Wildman–Crippen MR) is 100 cm³/mol. The molecule has 138 valence electrons. The van der Waals surface area contributed by atoms with Gasteiger partial charge in [0.15, 0.2) is 11.6 Å². The van der Waals surface area contributed by atoms with E-state index in [1.165, 1.54) is 24.5 Å². The minimum Gasteiger partial charge on any atom is -0.493 e. The molecule has 0 radical (unpaired) electrons. The van der Waals surface area contributed by atoms with Crippen molar-refractivity contribution < 1.29 is 18.6 Å². The topological polar surface area (TPSA) is 104 Å². The van der Waals surface area contributed by atoms with Crippen molar-refractivity contribution >= 4 is 22.9 Å². The summed E-state index contributed by atoms with van der Waals surface area (Å²) in [5.74, 6) is -1.87. The van der Waals surface area contributed by atoms with E-state index < -0.39 is 11.6 Å². The van der Waals surface area contributed by atoms with Crippen LogP contribution >= 0.6 is 0 Å². The SMILES string of the molecule is CN/C=C1\C(=N)C(c2cc(N)ccc2Oc2ccc(F)cc2F)=CN=C1O. The number of nitrogens with two attached hydrogens (primary N) is 1. The van der Waals surface area contributed by atoms with E-state index in [4.69, 9.17) is 15.9 Å². The second kappa shape index (κ2) is 7.28. The Morgan fingerprint density at radius 1 is 1.19 bits per heavy atom. The van der Waals surface area contributed by atoms with E-state index in [2.05, 4.69) is 10.3 Å². The molecule has 2 aromatic carbocycles. The second-order valence-corrected chi connectivity index (χ2v) is 5.65. The van der Waals surface area contributed by atoms with Crippen LogP contribution in [0.15, 0.2) is 59.4 Å². The average Bonchev–Trinajstić information content (AvgIpc) is 2.62. The summed E-state index contributed by atoms with van der Waals surface area (Å²) in [6.07, 6.45) is 2.73. The number of hydrogen-bond acceptors (Lipinski definition) is 5. The van der Waals surface area contributed by atoms with Crippen LogP contribution in [-0.4, -0.2) is 23.8 Å². The van der Waals surface area contributed by atoms with Crippen molar-refractivity contribution in [3.8, 4) is 11.5 Å². The molecule has 0 atom stereocenters. The number of anilines is 1. The zero-order chi connectivity index (χ0) is 19.6. The zero-order valence-corrected chi connectivity index (χ0v) is 14.3. The Morgan fingerprint density at radius 3 is 2.63 bits per heavy atom. The van der Waals surface area contributed by atoms with Crippen molar-refractivity contribution in [2.24, 2.45) is 4.99 Å². The number of nitrogens with one attached hydrogen (secondary N) is 2. The first kappa shape index (κ1) is 18.1. The molecule has 0 unspecified atom stereocenters. The van der Waals surface area contributed by atoms with Crippen LogP contribution in [0, 0.1) is 17.0 Å². The van der Waals surface area contributed by atoms with Crippen LogP contribution in [0.4, 0.5) is 14.5 Å². The highest BCUT2D eigenvalue weighted by Gasteiger charge is 2.24. The molecule has 6 nitrogen and oxygen atoms in total. The summed E-state index contributed by atoms with van der Waals surface area (Å²) in [4.78, 5) is 3.89. The smallest absolute Gasteiger partial charge is 0.221 e. The van der Waals surface area contributed by atoms with Gasteiger partial charge in [0.05, 0.1) is 11.3 Å². The second-order valence-electron chi connectivity index (χ2n) is 5.65. The number of halogens is 2. The van der Waals surface area contributed by atoms with Crippen LogP contribution < -0.4 is 15.8 Å². The van der Waals surface area contributed by atoms with Crippen LogP contribution in [0.5, 0.6) is 11.5 Å². The molecule has 0 spiro atoms. The minimum absolute atomic E-state index is 0.0214. The van der Waals surface area contributed by atoms with E-state index in [9.17, 15) is 13.9 Å². The Morgan fingerprint density at radius 2 is 1.93 bits per heavy atom. The van der Waals surface area contributed by atoms with Gasteiger partial charge in [0.1, 0.15) is 11.6 Å².